The second-order valence-electron chi connectivity index (χ2n) is 5.24. The number of sulfone groups is 1. The molecule has 1 aromatic rings. The molecule has 1 N–H and O–H groups in total. The zero-order chi connectivity index (χ0) is 16.2. The standard InChI is InChI=1S/C15H23NO5S/c1-4-21-15-13(19-2)7-11(8-14(15)20-3)9-16-12-5-6-22(17,18)10-12/h7-8,12,16H,4-6,9-10H2,1-3H3/t12-/m1/s1. The third-order valence-electron chi connectivity index (χ3n) is 3.64. The molecule has 0 aromatic heterocycles. The second kappa shape index (κ2) is 7.19. The predicted molar refractivity (Wildman–Crippen MR) is 84.6 cm³/mol. The highest BCUT2D eigenvalue weighted by Gasteiger charge is 2.27. The molecule has 2 rings (SSSR count). The van der Waals surface area contributed by atoms with E-state index in [0.717, 1.165) is 5.56 Å². The lowest BCUT2D eigenvalue weighted by Crippen LogP contribution is -2.29. The Balaban J connectivity index is 2.11. The topological polar surface area (TPSA) is 73.9 Å². The van der Waals surface area contributed by atoms with Gasteiger partial charge in [0.05, 0.1) is 32.3 Å². The lowest BCUT2D eigenvalue weighted by molar-refractivity contribution is 0.287. The maximum absolute atomic E-state index is 11.5. The first-order valence-corrected chi connectivity index (χ1v) is 9.12. The zero-order valence-corrected chi connectivity index (χ0v) is 14.0. The Labute approximate surface area is 131 Å². The van der Waals surface area contributed by atoms with Gasteiger partial charge in [-0.2, -0.15) is 0 Å². The summed E-state index contributed by atoms with van der Waals surface area (Å²) in [5.74, 6) is 2.27. The van der Waals surface area contributed by atoms with Crippen LogP contribution in [0.2, 0.25) is 0 Å². The maximum Gasteiger partial charge on any atom is 0.203 e. The molecule has 1 aliphatic heterocycles. The van der Waals surface area contributed by atoms with Crippen LogP contribution in [0.5, 0.6) is 17.2 Å². The van der Waals surface area contributed by atoms with Crippen LogP contribution in [0.4, 0.5) is 0 Å². The third kappa shape index (κ3) is 4.04. The van der Waals surface area contributed by atoms with Crippen molar-refractivity contribution in [1.29, 1.82) is 0 Å². The molecule has 1 atom stereocenters. The van der Waals surface area contributed by atoms with Crippen molar-refractivity contribution in [3.63, 3.8) is 0 Å². The highest BCUT2D eigenvalue weighted by atomic mass is 32.2. The van der Waals surface area contributed by atoms with E-state index in [0.29, 0.717) is 36.8 Å². The highest BCUT2D eigenvalue weighted by Crippen LogP contribution is 2.38. The minimum absolute atomic E-state index is 0.00792. The minimum Gasteiger partial charge on any atom is -0.493 e. The van der Waals surface area contributed by atoms with Gasteiger partial charge in [0.15, 0.2) is 21.3 Å². The lowest BCUT2D eigenvalue weighted by Gasteiger charge is -2.16. The fourth-order valence-corrected chi connectivity index (χ4v) is 4.25. The molecule has 1 aromatic carbocycles. The van der Waals surface area contributed by atoms with Crippen LogP contribution < -0.4 is 19.5 Å². The molecule has 1 fully saturated rings. The summed E-state index contributed by atoms with van der Waals surface area (Å²) in [6, 6.07) is 3.77. The summed E-state index contributed by atoms with van der Waals surface area (Å²) in [5, 5.41) is 3.28. The monoisotopic (exact) mass is 329 g/mol. The van der Waals surface area contributed by atoms with Crippen molar-refractivity contribution in [2.45, 2.75) is 25.9 Å². The van der Waals surface area contributed by atoms with Crippen molar-refractivity contribution in [2.24, 2.45) is 0 Å². The van der Waals surface area contributed by atoms with Gasteiger partial charge in [-0.1, -0.05) is 0 Å². The van der Waals surface area contributed by atoms with Gasteiger partial charge in [-0.05, 0) is 31.0 Å². The molecule has 0 unspecified atom stereocenters. The Morgan fingerprint density at radius 1 is 1.23 bits per heavy atom. The second-order valence-corrected chi connectivity index (χ2v) is 7.47. The van der Waals surface area contributed by atoms with Crippen molar-refractivity contribution in [1.82, 2.24) is 5.32 Å². The molecule has 22 heavy (non-hydrogen) atoms. The Morgan fingerprint density at radius 3 is 2.32 bits per heavy atom. The normalized spacial score (nSPS) is 19.9. The van der Waals surface area contributed by atoms with Crippen LogP contribution in [-0.4, -0.2) is 46.8 Å². The number of benzene rings is 1. The summed E-state index contributed by atoms with van der Waals surface area (Å²) in [6.45, 7) is 2.97. The van der Waals surface area contributed by atoms with Crippen LogP contribution in [0.25, 0.3) is 0 Å². The van der Waals surface area contributed by atoms with Gasteiger partial charge < -0.3 is 19.5 Å². The van der Waals surface area contributed by atoms with E-state index in [9.17, 15) is 8.42 Å². The molecule has 6 nitrogen and oxygen atoms in total. The van der Waals surface area contributed by atoms with Gasteiger partial charge in [0.2, 0.25) is 5.75 Å². The Bertz CT molecular complexity index is 589. The number of hydrogen-bond acceptors (Lipinski definition) is 6. The smallest absolute Gasteiger partial charge is 0.203 e. The quantitative estimate of drug-likeness (QED) is 0.815. The molecule has 1 saturated heterocycles. The molecule has 0 amide bonds. The summed E-state index contributed by atoms with van der Waals surface area (Å²) in [6.07, 6.45) is 0.660. The van der Waals surface area contributed by atoms with Gasteiger partial charge in [-0.15, -0.1) is 0 Å². The molecular weight excluding hydrogens is 306 g/mol. The maximum atomic E-state index is 11.5. The average molecular weight is 329 g/mol. The fraction of sp³-hybridized carbons (Fsp3) is 0.600. The molecule has 1 heterocycles. The lowest BCUT2D eigenvalue weighted by atomic mass is 10.1. The van der Waals surface area contributed by atoms with Gasteiger partial charge in [0.25, 0.3) is 0 Å². The van der Waals surface area contributed by atoms with Gasteiger partial charge >= 0.3 is 0 Å². The molecular formula is C15H23NO5S. The van der Waals surface area contributed by atoms with Crippen LogP contribution in [-0.2, 0) is 16.4 Å². The summed E-state index contributed by atoms with van der Waals surface area (Å²) < 4.78 is 39.2. The van der Waals surface area contributed by atoms with Crippen LogP contribution in [0.15, 0.2) is 12.1 Å². The first kappa shape index (κ1) is 16.9. The van der Waals surface area contributed by atoms with Crippen molar-refractivity contribution >= 4 is 9.84 Å². The van der Waals surface area contributed by atoms with Crippen molar-refractivity contribution < 1.29 is 22.6 Å². The van der Waals surface area contributed by atoms with Crippen LogP contribution in [0, 0.1) is 0 Å². The van der Waals surface area contributed by atoms with E-state index in [1.807, 2.05) is 19.1 Å². The molecule has 124 valence electrons. The number of methoxy groups -OCH3 is 2. The number of nitrogens with one attached hydrogen (secondary N) is 1. The Morgan fingerprint density at radius 2 is 1.86 bits per heavy atom. The van der Waals surface area contributed by atoms with Crippen LogP contribution >= 0.6 is 0 Å². The highest BCUT2D eigenvalue weighted by molar-refractivity contribution is 7.91. The first-order valence-electron chi connectivity index (χ1n) is 7.30. The van der Waals surface area contributed by atoms with Crippen molar-refractivity contribution in [2.75, 3.05) is 32.3 Å². The Kier molecular flexibility index (Phi) is 5.52. The van der Waals surface area contributed by atoms with E-state index in [-0.39, 0.29) is 17.5 Å². The minimum atomic E-state index is -2.87. The van der Waals surface area contributed by atoms with E-state index in [1.54, 1.807) is 14.2 Å². The van der Waals surface area contributed by atoms with Crippen LogP contribution in [0.3, 0.4) is 0 Å². The van der Waals surface area contributed by atoms with Gasteiger partial charge in [-0.3, -0.25) is 0 Å². The van der Waals surface area contributed by atoms with E-state index in [2.05, 4.69) is 5.32 Å². The third-order valence-corrected chi connectivity index (χ3v) is 5.40. The summed E-state index contributed by atoms with van der Waals surface area (Å²) >= 11 is 0. The van der Waals surface area contributed by atoms with Gasteiger partial charge in [-0.25, -0.2) is 8.42 Å². The summed E-state index contributed by atoms with van der Waals surface area (Å²) in [4.78, 5) is 0. The van der Waals surface area contributed by atoms with Crippen LogP contribution in [0.1, 0.15) is 18.9 Å². The summed E-state index contributed by atoms with van der Waals surface area (Å²) in [7, 11) is 0.291. The molecule has 0 bridgehead atoms. The molecule has 0 aliphatic carbocycles. The SMILES string of the molecule is CCOc1c(OC)cc(CN[C@@H]2CCS(=O)(=O)C2)cc1OC. The molecule has 7 heteroatoms. The fourth-order valence-electron chi connectivity index (χ4n) is 2.54. The molecule has 0 spiro atoms. The van der Waals surface area contributed by atoms with Gasteiger partial charge in [0, 0.05) is 12.6 Å². The number of ether oxygens (including phenoxy) is 3. The molecule has 1 aliphatic rings. The average Bonchev–Trinajstić information content (AvgIpc) is 2.85. The zero-order valence-electron chi connectivity index (χ0n) is 13.2. The molecule has 0 radical (unpaired) electrons. The molecule has 0 saturated carbocycles. The predicted octanol–water partition coefficient (Wildman–Crippen LogP) is 1.38. The first-order chi connectivity index (χ1) is 10.5. The van der Waals surface area contributed by atoms with Gasteiger partial charge in [0.1, 0.15) is 0 Å². The van der Waals surface area contributed by atoms with Crippen molar-refractivity contribution in [3.8, 4) is 17.2 Å². The van der Waals surface area contributed by atoms with Crippen molar-refractivity contribution in [3.05, 3.63) is 17.7 Å². The Hall–Kier alpha value is -1.47. The number of rotatable bonds is 7. The van der Waals surface area contributed by atoms with E-state index in [1.165, 1.54) is 0 Å². The number of hydrogen-bond donors (Lipinski definition) is 1. The summed E-state index contributed by atoms with van der Waals surface area (Å²) in [5.41, 5.74) is 0.960. The van der Waals surface area contributed by atoms with E-state index < -0.39 is 9.84 Å². The van der Waals surface area contributed by atoms with E-state index >= 15 is 0 Å². The largest absolute Gasteiger partial charge is 0.493 e. The van der Waals surface area contributed by atoms with E-state index in [4.69, 9.17) is 14.2 Å².